The molecule has 5 rings (SSSR count). The van der Waals surface area contributed by atoms with Crippen LogP contribution >= 0.6 is 11.3 Å². The maximum Gasteiger partial charge on any atom is 0.225 e. The lowest BCUT2D eigenvalue weighted by Crippen LogP contribution is -2.46. The normalized spacial score (nSPS) is 23.6. The molecule has 2 aromatic rings. The Hall–Kier alpha value is -2.70. The lowest BCUT2D eigenvalue weighted by molar-refractivity contribution is -0.121. The van der Waals surface area contributed by atoms with E-state index in [0.717, 1.165) is 41.5 Å². The zero-order valence-electron chi connectivity index (χ0n) is 21.3. The molecule has 36 heavy (non-hydrogen) atoms. The van der Waals surface area contributed by atoms with Crippen molar-refractivity contribution in [2.45, 2.75) is 64.1 Å². The SMILES string of the molecule is C=C1CC2NN=C(/C=C/c3cccc(CN(CCC)CC4CC4)c3)C2CC1NC(=O)Cc1cccs1. The summed E-state index contributed by atoms with van der Waals surface area (Å²) >= 11 is 1.62. The Balaban J connectivity index is 1.19. The van der Waals surface area contributed by atoms with Gasteiger partial charge < -0.3 is 10.7 Å². The molecule has 2 saturated carbocycles. The van der Waals surface area contributed by atoms with E-state index in [1.165, 1.54) is 43.5 Å². The van der Waals surface area contributed by atoms with Crippen molar-refractivity contribution in [2.24, 2.45) is 16.9 Å². The van der Waals surface area contributed by atoms with Crippen LogP contribution in [0.15, 0.2) is 65.1 Å². The number of hydrogen-bond acceptors (Lipinski definition) is 5. The molecule has 1 aliphatic heterocycles. The predicted octanol–water partition coefficient (Wildman–Crippen LogP) is 5.40. The highest BCUT2D eigenvalue weighted by Crippen LogP contribution is 2.33. The van der Waals surface area contributed by atoms with E-state index in [2.05, 4.69) is 70.7 Å². The standard InChI is InChI=1S/C30H38N4OS/c1-3-13-34(19-23-9-10-23)20-24-7-4-6-22(16-24)11-12-27-26-18-28(21(2)15-29(26)33-32-27)31-30(35)17-25-8-5-14-36-25/h4-8,11-12,14,16,23,26,28-29,33H,2-3,9-10,13,15,17-20H2,1H3,(H,31,35)/b12-11+. The average molecular weight is 503 g/mol. The predicted molar refractivity (Wildman–Crippen MR) is 150 cm³/mol. The first-order chi connectivity index (χ1) is 17.6. The third-order valence-electron chi connectivity index (χ3n) is 7.50. The van der Waals surface area contributed by atoms with Crippen LogP contribution in [-0.2, 0) is 17.8 Å². The summed E-state index contributed by atoms with van der Waals surface area (Å²) in [5.41, 5.74) is 8.05. The average Bonchev–Trinajstić information content (AvgIpc) is 3.36. The molecule has 6 heteroatoms. The number of allylic oxidation sites excluding steroid dienone is 1. The fraction of sp³-hybridized carbons (Fsp3) is 0.467. The van der Waals surface area contributed by atoms with Crippen LogP contribution in [0, 0.1) is 11.8 Å². The van der Waals surface area contributed by atoms with Crippen LogP contribution in [0.25, 0.3) is 6.08 Å². The molecule has 1 amide bonds. The maximum atomic E-state index is 12.6. The molecule has 2 heterocycles. The van der Waals surface area contributed by atoms with Gasteiger partial charge in [0.2, 0.25) is 5.91 Å². The molecule has 2 fully saturated rings. The molecular formula is C30H38N4OS. The van der Waals surface area contributed by atoms with Gasteiger partial charge in [-0.15, -0.1) is 11.3 Å². The molecule has 0 saturated heterocycles. The van der Waals surface area contributed by atoms with Crippen molar-refractivity contribution < 1.29 is 4.79 Å². The minimum Gasteiger partial charge on any atom is -0.349 e. The number of benzene rings is 1. The van der Waals surface area contributed by atoms with Gasteiger partial charge in [0.1, 0.15) is 0 Å². The van der Waals surface area contributed by atoms with Gasteiger partial charge in [-0.2, -0.15) is 5.10 Å². The highest BCUT2D eigenvalue weighted by molar-refractivity contribution is 7.10. The molecular weight excluding hydrogens is 464 g/mol. The van der Waals surface area contributed by atoms with Gasteiger partial charge >= 0.3 is 0 Å². The van der Waals surface area contributed by atoms with Crippen molar-refractivity contribution >= 4 is 29.0 Å². The van der Waals surface area contributed by atoms with Gasteiger partial charge in [0.25, 0.3) is 0 Å². The number of fused-ring (bicyclic) bond motifs is 1. The monoisotopic (exact) mass is 502 g/mol. The summed E-state index contributed by atoms with van der Waals surface area (Å²) in [6.45, 7) is 9.95. The Labute approximate surface area is 219 Å². The number of carbonyl (C=O) groups is 1. The van der Waals surface area contributed by atoms with Crippen LogP contribution in [0.1, 0.15) is 55.0 Å². The van der Waals surface area contributed by atoms with Crippen LogP contribution in [0.4, 0.5) is 0 Å². The summed E-state index contributed by atoms with van der Waals surface area (Å²) in [6.07, 6.45) is 10.4. The number of rotatable bonds is 11. The van der Waals surface area contributed by atoms with Crippen LogP contribution < -0.4 is 10.7 Å². The van der Waals surface area contributed by atoms with Gasteiger partial charge in [-0.25, -0.2) is 0 Å². The Morgan fingerprint density at radius 2 is 2.17 bits per heavy atom. The second-order valence-corrected chi connectivity index (χ2v) is 11.6. The molecule has 2 aliphatic carbocycles. The fourth-order valence-electron chi connectivity index (χ4n) is 5.44. The van der Waals surface area contributed by atoms with E-state index in [0.29, 0.717) is 6.42 Å². The molecule has 3 atom stereocenters. The molecule has 190 valence electrons. The molecule has 3 aliphatic rings. The van der Waals surface area contributed by atoms with Crippen LogP contribution in [0.5, 0.6) is 0 Å². The van der Waals surface area contributed by atoms with Gasteiger partial charge in [-0.05, 0) is 73.2 Å². The van der Waals surface area contributed by atoms with Crippen molar-refractivity contribution in [2.75, 3.05) is 13.1 Å². The molecule has 0 spiro atoms. The lowest BCUT2D eigenvalue weighted by Gasteiger charge is -2.34. The Morgan fingerprint density at radius 3 is 2.94 bits per heavy atom. The van der Waals surface area contributed by atoms with Crippen molar-refractivity contribution in [3.05, 3.63) is 76.0 Å². The van der Waals surface area contributed by atoms with E-state index >= 15 is 0 Å². The molecule has 0 radical (unpaired) electrons. The van der Waals surface area contributed by atoms with Gasteiger partial charge in [0.15, 0.2) is 0 Å². The molecule has 1 aromatic carbocycles. The van der Waals surface area contributed by atoms with E-state index in [-0.39, 0.29) is 23.9 Å². The number of nitrogens with zero attached hydrogens (tertiary/aromatic N) is 2. The van der Waals surface area contributed by atoms with Crippen LogP contribution in [-0.4, -0.2) is 41.7 Å². The second-order valence-electron chi connectivity index (χ2n) is 10.6. The molecule has 2 N–H and O–H groups in total. The summed E-state index contributed by atoms with van der Waals surface area (Å²) < 4.78 is 0. The van der Waals surface area contributed by atoms with Gasteiger partial charge in [-0.1, -0.05) is 55.5 Å². The van der Waals surface area contributed by atoms with E-state index in [9.17, 15) is 4.79 Å². The van der Waals surface area contributed by atoms with E-state index in [1.807, 2.05) is 17.5 Å². The summed E-state index contributed by atoms with van der Waals surface area (Å²) in [5.74, 6) is 1.26. The fourth-order valence-corrected chi connectivity index (χ4v) is 6.15. The van der Waals surface area contributed by atoms with Crippen LogP contribution in [0.2, 0.25) is 0 Å². The van der Waals surface area contributed by atoms with Crippen molar-refractivity contribution in [3.63, 3.8) is 0 Å². The number of nitrogens with one attached hydrogen (secondary N) is 2. The number of amides is 1. The zero-order chi connectivity index (χ0) is 24.9. The van der Waals surface area contributed by atoms with E-state index in [4.69, 9.17) is 0 Å². The van der Waals surface area contributed by atoms with Crippen molar-refractivity contribution in [1.29, 1.82) is 0 Å². The first kappa shape index (κ1) is 25.0. The number of hydrogen-bond donors (Lipinski definition) is 2. The van der Waals surface area contributed by atoms with E-state index < -0.39 is 0 Å². The minimum absolute atomic E-state index is 0.00319. The number of hydrazone groups is 1. The topological polar surface area (TPSA) is 56.7 Å². The first-order valence-electron chi connectivity index (χ1n) is 13.4. The largest absolute Gasteiger partial charge is 0.349 e. The highest BCUT2D eigenvalue weighted by Gasteiger charge is 2.38. The van der Waals surface area contributed by atoms with Gasteiger partial charge in [-0.3, -0.25) is 9.69 Å². The Morgan fingerprint density at radius 1 is 1.28 bits per heavy atom. The second kappa shape index (κ2) is 11.6. The summed E-state index contributed by atoms with van der Waals surface area (Å²) in [4.78, 5) is 16.3. The Kier molecular flexibility index (Phi) is 8.02. The molecule has 5 nitrogen and oxygen atoms in total. The number of carbonyl (C=O) groups excluding carboxylic acids is 1. The quantitative estimate of drug-likeness (QED) is 0.404. The minimum atomic E-state index is -0.00319. The lowest BCUT2D eigenvalue weighted by atomic mass is 9.77. The summed E-state index contributed by atoms with van der Waals surface area (Å²) in [6, 6.07) is 13.1. The molecule has 1 aromatic heterocycles. The van der Waals surface area contributed by atoms with Gasteiger partial charge in [0.05, 0.1) is 24.2 Å². The highest BCUT2D eigenvalue weighted by atomic mass is 32.1. The Bertz CT molecular complexity index is 1120. The first-order valence-corrected chi connectivity index (χ1v) is 14.3. The van der Waals surface area contributed by atoms with Crippen molar-refractivity contribution in [1.82, 2.24) is 15.6 Å². The van der Waals surface area contributed by atoms with E-state index in [1.54, 1.807) is 11.3 Å². The smallest absolute Gasteiger partial charge is 0.225 e. The van der Waals surface area contributed by atoms with Crippen molar-refractivity contribution in [3.8, 4) is 0 Å². The maximum absolute atomic E-state index is 12.6. The molecule has 3 unspecified atom stereocenters. The number of thiophene rings is 1. The molecule has 0 bridgehead atoms. The van der Waals surface area contributed by atoms with Crippen LogP contribution in [0.3, 0.4) is 0 Å². The zero-order valence-corrected chi connectivity index (χ0v) is 22.1. The third kappa shape index (κ3) is 6.54. The summed E-state index contributed by atoms with van der Waals surface area (Å²) in [5, 5.41) is 9.89. The third-order valence-corrected chi connectivity index (χ3v) is 8.37. The summed E-state index contributed by atoms with van der Waals surface area (Å²) in [7, 11) is 0. The van der Waals surface area contributed by atoms with Gasteiger partial charge in [0, 0.05) is 23.9 Å².